The van der Waals surface area contributed by atoms with Gasteiger partial charge in [-0.25, -0.2) is 8.78 Å². The molecule has 2 aromatic rings. The Morgan fingerprint density at radius 3 is 2.24 bits per heavy atom. The number of aryl methyl sites for hydroxylation is 1. The number of benzene rings is 2. The van der Waals surface area contributed by atoms with Crippen molar-refractivity contribution in [3.05, 3.63) is 64.2 Å². The van der Waals surface area contributed by atoms with Crippen LogP contribution in [-0.2, 0) is 11.2 Å². The number of rotatable bonds is 5. The van der Waals surface area contributed by atoms with Crippen LogP contribution < -0.4 is 4.74 Å². The van der Waals surface area contributed by atoms with E-state index in [0.29, 0.717) is 11.1 Å². The van der Waals surface area contributed by atoms with Crippen LogP contribution >= 0.6 is 0 Å². The van der Waals surface area contributed by atoms with Crippen LogP contribution in [0.1, 0.15) is 28.4 Å². The molecule has 2 aromatic carbocycles. The van der Waals surface area contributed by atoms with Crippen LogP contribution in [0.25, 0.3) is 0 Å². The number of hydrogen-bond acceptors (Lipinski definition) is 6. The first-order chi connectivity index (χ1) is 13.8. The lowest BCUT2D eigenvalue weighted by Crippen LogP contribution is -2.55. The summed E-state index contributed by atoms with van der Waals surface area (Å²) in [6, 6.07) is 7.22. The highest BCUT2D eigenvalue weighted by molar-refractivity contribution is 5.39. The minimum absolute atomic E-state index is 0.0429. The Morgan fingerprint density at radius 2 is 1.66 bits per heavy atom. The molecule has 29 heavy (non-hydrogen) atoms. The van der Waals surface area contributed by atoms with Gasteiger partial charge in [-0.05, 0) is 23.6 Å². The first-order valence-electron chi connectivity index (χ1n) is 9.18. The molecule has 0 aliphatic carbocycles. The Labute approximate surface area is 167 Å². The molecule has 0 aromatic heterocycles. The van der Waals surface area contributed by atoms with E-state index >= 15 is 0 Å². The van der Waals surface area contributed by atoms with Gasteiger partial charge in [-0.15, -0.1) is 0 Å². The fourth-order valence-corrected chi connectivity index (χ4v) is 3.49. The second-order valence-electron chi connectivity index (χ2n) is 7.18. The predicted octanol–water partition coefficient (Wildman–Crippen LogP) is 1.39. The largest absolute Gasteiger partial charge is 0.497 e. The smallest absolute Gasteiger partial charge is 0.133 e. The molecule has 1 fully saturated rings. The van der Waals surface area contributed by atoms with Gasteiger partial charge in [-0.3, -0.25) is 0 Å². The molecule has 6 nitrogen and oxygen atoms in total. The highest BCUT2D eigenvalue weighted by Crippen LogP contribution is 2.34. The van der Waals surface area contributed by atoms with Gasteiger partial charge in [0, 0.05) is 24.1 Å². The number of ether oxygens (including phenoxy) is 2. The molecule has 1 heterocycles. The molecule has 5 atom stereocenters. The van der Waals surface area contributed by atoms with Crippen molar-refractivity contribution in [2.75, 3.05) is 13.7 Å². The van der Waals surface area contributed by atoms with Crippen LogP contribution in [0.15, 0.2) is 30.3 Å². The standard InChI is InChI=1S/C21H24F2O6/c1-10-3-4-11(21-20(27)19(26)18(25)17(9-24)29-21)5-12(10)6-14-15(22)7-13(28-2)8-16(14)23/h3-5,7-8,17-21,24-27H,6,9H2,1-2H3/t17-,18-,19+,20-,21+/m1/s1. The first-order valence-corrected chi connectivity index (χ1v) is 9.18. The zero-order valence-corrected chi connectivity index (χ0v) is 16.0. The number of halogens is 2. The molecule has 1 saturated heterocycles. The van der Waals surface area contributed by atoms with Crippen molar-refractivity contribution in [2.24, 2.45) is 0 Å². The summed E-state index contributed by atoms with van der Waals surface area (Å²) >= 11 is 0. The van der Waals surface area contributed by atoms with Gasteiger partial charge >= 0.3 is 0 Å². The Balaban J connectivity index is 1.93. The van der Waals surface area contributed by atoms with Crippen molar-refractivity contribution >= 4 is 0 Å². The summed E-state index contributed by atoms with van der Waals surface area (Å²) in [5, 5.41) is 39.6. The lowest BCUT2D eigenvalue weighted by Gasteiger charge is -2.40. The number of aliphatic hydroxyl groups is 4. The van der Waals surface area contributed by atoms with Crippen LogP contribution in [0.3, 0.4) is 0 Å². The molecule has 0 radical (unpaired) electrons. The molecule has 8 heteroatoms. The van der Waals surface area contributed by atoms with E-state index in [-0.39, 0.29) is 17.7 Å². The van der Waals surface area contributed by atoms with Gasteiger partial charge < -0.3 is 29.9 Å². The van der Waals surface area contributed by atoms with E-state index in [1.165, 1.54) is 7.11 Å². The van der Waals surface area contributed by atoms with Crippen molar-refractivity contribution in [2.45, 2.75) is 43.9 Å². The van der Waals surface area contributed by atoms with Crippen molar-refractivity contribution in [1.82, 2.24) is 0 Å². The molecule has 0 unspecified atom stereocenters. The van der Waals surface area contributed by atoms with E-state index in [0.717, 1.165) is 17.7 Å². The summed E-state index contributed by atoms with van der Waals surface area (Å²) in [6.07, 6.45) is -6.50. The van der Waals surface area contributed by atoms with Crippen LogP contribution in [-0.4, -0.2) is 58.6 Å². The number of aliphatic hydroxyl groups excluding tert-OH is 4. The lowest BCUT2D eigenvalue weighted by atomic mass is 9.89. The molecule has 3 rings (SSSR count). The summed E-state index contributed by atoms with van der Waals surface area (Å²) in [7, 11) is 1.32. The van der Waals surface area contributed by atoms with Gasteiger partial charge in [0.1, 0.15) is 47.9 Å². The molecule has 4 N–H and O–H groups in total. The Morgan fingerprint density at radius 1 is 1.00 bits per heavy atom. The predicted molar refractivity (Wildman–Crippen MR) is 99.6 cm³/mol. The molecular weight excluding hydrogens is 386 g/mol. The Hall–Kier alpha value is -2.10. The Bertz CT molecular complexity index is 849. The zero-order valence-electron chi connectivity index (χ0n) is 16.0. The second-order valence-corrected chi connectivity index (χ2v) is 7.18. The highest BCUT2D eigenvalue weighted by atomic mass is 19.1. The minimum atomic E-state index is -1.51. The van der Waals surface area contributed by atoms with Gasteiger partial charge in [0.15, 0.2) is 0 Å². The molecule has 0 spiro atoms. The maximum atomic E-state index is 14.4. The first kappa shape index (κ1) is 21.6. The van der Waals surface area contributed by atoms with E-state index in [1.54, 1.807) is 25.1 Å². The van der Waals surface area contributed by atoms with E-state index in [4.69, 9.17) is 9.47 Å². The molecule has 0 bridgehead atoms. The molecule has 158 valence electrons. The van der Waals surface area contributed by atoms with E-state index in [2.05, 4.69) is 0 Å². The summed E-state index contributed by atoms with van der Waals surface area (Å²) in [5.74, 6) is -1.39. The number of methoxy groups -OCH3 is 1. The normalized spacial score (nSPS) is 27.1. The van der Waals surface area contributed by atoms with E-state index in [9.17, 15) is 29.2 Å². The maximum Gasteiger partial charge on any atom is 0.133 e. The van der Waals surface area contributed by atoms with Crippen LogP contribution in [0, 0.1) is 18.6 Å². The monoisotopic (exact) mass is 410 g/mol. The minimum Gasteiger partial charge on any atom is -0.497 e. The van der Waals surface area contributed by atoms with Crippen LogP contribution in [0.2, 0.25) is 0 Å². The third-order valence-electron chi connectivity index (χ3n) is 5.31. The van der Waals surface area contributed by atoms with E-state index in [1.807, 2.05) is 0 Å². The van der Waals surface area contributed by atoms with Crippen LogP contribution in [0.4, 0.5) is 8.78 Å². The summed E-state index contributed by atoms with van der Waals surface area (Å²) in [4.78, 5) is 0. The molecule has 1 aliphatic heterocycles. The average molecular weight is 410 g/mol. The third-order valence-corrected chi connectivity index (χ3v) is 5.31. The molecule has 1 aliphatic rings. The van der Waals surface area contributed by atoms with Gasteiger partial charge in [-0.1, -0.05) is 18.2 Å². The molecule has 0 saturated carbocycles. The Kier molecular flexibility index (Phi) is 6.50. The summed E-state index contributed by atoms with van der Waals surface area (Å²) < 4.78 is 39.1. The zero-order chi connectivity index (χ0) is 21.3. The number of hydrogen-bond donors (Lipinski definition) is 4. The molecule has 0 amide bonds. The lowest BCUT2D eigenvalue weighted by molar-refractivity contribution is -0.231. The van der Waals surface area contributed by atoms with Crippen molar-refractivity contribution < 1.29 is 38.7 Å². The summed E-state index contributed by atoms with van der Waals surface area (Å²) in [5.41, 5.74) is 1.70. The van der Waals surface area contributed by atoms with E-state index < -0.39 is 48.8 Å². The third kappa shape index (κ3) is 4.26. The SMILES string of the molecule is COc1cc(F)c(Cc2cc([C@@H]3O[C@H](CO)[C@@H](O)[C@H](O)[C@H]3O)ccc2C)c(F)c1. The van der Waals surface area contributed by atoms with Gasteiger partial charge in [-0.2, -0.15) is 0 Å². The fourth-order valence-electron chi connectivity index (χ4n) is 3.49. The van der Waals surface area contributed by atoms with Crippen LogP contribution in [0.5, 0.6) is 5.75 Å². The van der Waals surface area contributed by atoms with Gasteiger partial charge in [0.05, 0.1) is 13.7 Å². The average Bonchev–Trinajstić information content (AvgIpc) is 2.70. The van der Waals surface area contributed by atoms with Gasteiger partial charge in [0.25, 0.3) is 0 Å². The fraction of sp³-hybridized carbons (Fsp3) is 0.429. The van der Waals surface area contributed by atoms with Crippen molar-refractivity contribution in [3.8, 4) is 5.75 Å². The second kappa shape index (κ2) is 8.73. The quantitative estimate of drug-likeness (QED) is 0.595. The van der Waals surface area contributed by atoms with Gasteiger partial charge in [0.2, 0.25) is 0 Å². The summed E-state index contributed by atoms with van der Waals surface area (Å²) in [6.45, 7) is 1.24. The van der Waals surface area contributed by atoms with Crippen molar-refractivity contribution in [1.29, 1.82) is 0 Å². The van der Waals surface area contributed by atoms with Crippen molar-refractivity contribution in [3.63, 3.8) is 0 Å². The maximum absolute atomic E-state index is 14.4. The molecular formula is C21H24F2O6. The highest BCUT2D eigenvalue weighted by Gasteiger charge is 2.44. The topological polar surface area (TPSA) is 99.4 Å².